The number of hydrogen-bond acceptors (Lipinski definition) is 4. The largest absolute Gasteiger partial charge is 0.304 e. The maximum absolute atomic E-state index is 4.57. The molecule has 1 aliphatic rings. The number of para-hydroxylation sites is 2. The van der Waals surface area contributed by atoms with E-state index in [1.54, 1.807) is 6.33 Å². The van der Waals surface area contributed by atoms with Gasteiger partial charge in [0.25, 0.3) is 0 Å². The highest BCUT2D eigenvalue weighted by molar-refractivity contribution is 8.12. The molecule has 2 heterocycles. The maximum Gasteiger partial charge on any atom is 0.119 e. The summed E-state index contributed by atoms with van der Waals surface area (Å²) in [5, 5.41) is 8.47. The van der Waals surface area contributed by atoms with Crippen LogP contribution in [0.1, 0.15) is 13.8 Å². The van der Waals surface area contributed by atoms with E-state index in [1.807, 2.05) is 28.9 Å². The van der Waals surface area contributed by atoms with E-state index in [2.05, 4.69) is 45.3 Å². The molecular weight excluding hydrogens is 294 g/mol. The molecular formula is C16H23N5S. The number of likely N-dealkylation sites (N-methyl/N-ethyl adjacent to an activating group) is 1. The minimum atomic E-state index is -0.0637. The minimum Gasteiger partial charge on any atom is -0.304 e. The molecule has 22 heavy (non-hydrogen) atoms. The molecule has 1 saturated heterocycles. The molecule has 1 aromatic heterocycles. The fourth-order valence-corrected chi connectivity index (χ4v) is 4.21. The van der Waals surface area contributed by atoms with Gasteiger partial charge in [0, 0.05) is 31.4 Å². The predicted molar refractivity (Wildman–Crippen MR) is 94.4 cm³/mol. The molecule has 1 aliphatic heterocycles. The van der Waals surface area contributed by atoms with Crippen LogP contribution in [0.25, 0.3) is 11.0 Å². The van der Waals surface area contributed by atoms with Gasteiger partial charge >= 0.3 is 0 Å². The van der Waals surface area contributed by atoms with Crippen molar-refractivity contribution in [2.24, 2.45) is 5.10 Å². The van der Waals surface area contributed by atoms with Crippen LogP contribution >= 0.6 is 10.7 Å². The number of nitrogens with zero attached hydrogens (tertiary/aromatic N) is 5. The molecule has 1 unspecified atom stereocenters. The number of rotatable bonds is 3. The smallest absolute Gasteiger partial charge is 0.119 e. The Morgan fingerprint density at radius 2 is 1.91 bits per heavy atom. The summed E-state index contributed by atoms with van der Waals surface area (Å²) in [6, 6.07) is 8.05. The second-order valence-electron chi connectivity index (χ2n) is 5.86. The Bertz CT molecular complexity index is 706. The van der Waals surface area contributed by atoms with E-state index >= 15 is 0 Å². The van der Waals surface area contributed by atoms with Crippen molar-refractivity contribution in [1.29, 1.82) is 0 Å². The SMILES string of the molecule is CC(C)S(=C=Nn1cnc2ccccc21)N1CCN(C)CC1. The Hall–Kier alpha value is -1.46. The van der Waals surface area contributed by atoms with Gasteiger partial charge in [-0.15, -0.1) is 5.10 Å². The molecule has 1 fully saturated rings. The summed E-state index contributed by atoms with van der Waals surface area (Å²) in [5.74, 6) is 0. The molecule has 1 aromatic carbocycles. The molecule has 1 atom stereocenters. The first-order chi connectivity index (χ1) is 10.6. The van der Waals surface area contributed by atoms with Gasteiger partial charge in [0.1, 0.15) is 6.33 Å². The van der Waals surface area contributed by atoms with E-state index in [4.69, 9.17) is 0 Å². The van der Waals surface area contributed by atoms with Crippen molar-refractivity contribution in [3.05, 3.63) is 30.6 Å². The number of imidazole rings is 1. The molecule has 6 heteroatoms. The fraction of sp³-hybridized carbons (Fsp3) is 0.500. The van der Waals surface area contributed by atoms with Crippen LogP contribution in [0.15, 0.2) is 35.7 Å². The highest BCUT2D eigenvalue weighted by atomic mass is 32.2. The lowest BCUT2D eigenvalue weighted by molar-refractivity contribution is 0.232. The molecule has 0 saturated carbocycles. The zero-order valence-corrected chi connectivity index (χ0v) is 14.3. The number of fused-ring (bicyclic) bond motifs is 1. The average Bonchev–Trinajstić information content (AvgIpc) is 2.92. The second kappa shape index (κ2) is 6.75. The Balaban J connectivity index is 1.92. The lowest BCUT2D eigenvalue weighted by atomic mass is 10.3. The topological polar surface area (TPSA) is 36.7 Å². The van der Waals surface area contributed by atoms with Crippen molar-refractivity contribution in [3.8, 4) is 0 Å². The van der Waals surface area contributed by atoms with E-state index < -0.39 is 0 Å². The molecule has 0 bridgehead atoms. The quantitative estimate of drug-likeness (QED) is 0.645. The van der Waals surface area contributed by atoms with Gasteiger partial charge in [-0.3, -0.25) is 0 Å². The summed E-state index contributed by atoms with van der Waals surface area (Å²) < 4.78 is 4.33. The van der Waals surface area contributed by atoms with Crippen molar-refractivity contribution in [2.75, 3.05) is 33.2 Å². The van der Waals surface area contributed by atoms with Gasteiger partial charge in [-0.25, -0.2) is 14.0 Å². The summed E-state index contributed by atoms with van der Waals surface area (Å²) in [6.07, 6.45) is 1.77. The third-order valence-electron chi connectivity index (χ3n) is 3.86. The van der Waals surface area contributed by atoms with Crippen molar-refractivity contribution in [1.82, 2.24) is 18.9 Å². The lowest BCUT2D eigenvalue weighted by Gasteiger charge is -2.34. The van der Waals surface area contributed by atoms with Crippen LogP contribution < -0.4 is 0 Å². The average molecular weight is 317 g/mol. The number of isothiocyanates is 1. The summed E-state index contributed by atoms with van der Waals surface area (Å²) in [6.45, 7) is 8.90. The Labute approximate surface area is 134 Å². The lowest BCUT2D eigenvalue weighted by Crippen LogP contribution is -2.42. The van der Waals surface area contributed by atoms with E-state index in [-0.39, 0.29) is 10.7 Å². The van der Waals surface area contributed by atoms with Crippen LogP contribution in [-0.4, -0.2) is 62.5 Å². The van der Waals surface area contributed by atoms with E-state index in [9.17, 15) is 0 Å². The molecule has 0 N–H and O–H groups in total. The molecule has 0 spiro atoms. The maximum atomic E-state index is 4.57. The van der Waals surface area contributed by atoms with E-state index in [1.165, 1.54) is 0 Å². The van der Waals surface area contributed by atoms with Crippen LogP contribution in [0.4, 0.5) is 0 Å². The van der Waals surface area contributed by atoms with Crippen molar-refractivity contribution in [3.63, 3.8) is 0 Å². The van der Waals surface area contributed by atoms with Gasteiger partial charge in [0.05, 0.1) is 16.2 Å². The molecule has 0 aliphatic carbocycles. The van der Waals surface area contributed by atoms with Crippen molar-refractivity contribution >= 4 is 26.9 Å². The number of piperazine rings is 1. The van der Waals surface area contributed by atoms with Gasteiger partial charge in [-0.1, -0.05) is 36.7 Å². The van der Waals surface area contributed by atoms with Gasteiger partial charge < -0.3 is 4.90 Å². The minimum absolute atomic E-state index is 0.0637. The fourth-order valence-electron chi connectivity index (χ4n) is 2.56. The standard InChI is InChI=1S/C16H23N5S/c1-14(2)22(20-10-8-19(3)9-11-20)13-18-21-12-17-15-6-4-5-7-16(15)21/h4-7,12,14H,8-11H2,1-3H3. The van der Waals surface area contributed by atoms with E-state index in [0.717, 1.165) is 37.2 Å². The third-order valence-corrected chi connectivity index (χ3v) is 5.95. The van der Waals surface area contributed by atoms with Crippen molar-refractivity contribution in [2.45, 2.75) is 19.1 Å². The van der Waals surface area contributed by atoms with Crippen molar-refractivity contribution < 1.29 is 0 Å². The first-order valence-corrected chi connectivity index (χ1v) is 8.95. The first kappa shape index (κ1) is 15.4. The Kier molecular flexibility index (Phi) is 4.74. The molecule has 118 valence electrons. The number of aromatic nitrogens is 2. The predicted octanol–water partition coefficient (Wildman–Crippen LogP) is 2.54. The summed E-state index contributed by atoms with van der Waals surface area (Å²) in [4.78, 5) is 6.75. The highest BCUT2D eigenvalue weighted by Crippen LogP contribution is 2.25. The van der Waals surface area contributed by atoms with Crippen LogP contribution in [-0.2, 0) is 0 Å². The van der Waals surface area contributed by atoms with Gasteiger partial charge in [-0.2, -0.15) is 0 Å². The van der Waals surface area contributed by atoms with Gasteiger partial charge in [0.15, 0.2) is 0 Å². The van der Waals surface area contributed by atoms with Gasteiger partial charge in [-0.05, 0) is 19.2 Å². The molecule has 0 amide bonds. The van der Waals surface area contributed by atoms with Gasteiger partial charge in [0.2, 0.25) is 0 Å². The second-order valence-corrected chi connectivity index (χ2v) is 8.14. The highest BCUT2D eigenvalue weighted by Gasteiger charge is 2.18. The normalized spacial score (nSPS) is 18.5. The third kappa shape index (κ3) is 3.31. The molecule has 2 aromatic rings. The summed E-state index contributed by atoms with van der Waals surface area (Å²) in [5.41, 5.74) is 2.00. The summed E-state index contributed by atoms with van der Waals surface area (Å²) >= 11 is 0. The Morgan fingerprint density at radius 1 is 1.18 bits per heavy atom. The van der Waals surface area contributed by atoms with Crippen LogP contribution in [0, 0.1) is 0 Å². The van der Waals surface area contributed by atoms with E-state index in [0.29, 0.717) is 5.25 Å². The van der Waals surface area contributed by atoms with Crippen LogP contribution in [0.5, 0.6) is 0 Å². The first-order valence-electron chi connectivity index (χ1n) is 7.70. The zero-order valence-electron chi connectivity index (χ0n) is 13.4. The molecule has 0 radical (unpaired) electrons. The summed E-state index contributed by atoms with van der Waals surface area (Å²) in [7, 11) is 2.12. The monoisotopic (exact) mass is 317 g/mol. The molecule has 3 rings (SSSR count). The Morgan fingerprint density at radius 3 is 2.64 bits per heavy atom. The van der Waals surface area contributed by atoms with Crippen LogP contribution in [0.3, 0.4) is 0 Å². The number of benzene rings is 1. The molecule has 5 nitrogen and oxygen atoms in total. The number of hydrogen-bond donors (Lipinski definition) is 0. The zero-order chi connectivity index (χ0) is 15.5. The van der Waals surface area contributed by atoms with Crippen LogP contribution in [0.2, 0.25) is 0 Å².